The smallest absolute Gasteiger partial charge is 0.143 e. The van der Waals surface area contributed by atoms with E-state index in [4.69, 9.17) is 5.73 Å². The highest BCUT2D eigenvalue weighted by molar-refractivity contribution is 7.19. The Balaban J connectivity index is 1.88. The van der Waals surface area contributed by atoms with Gasteiger partial charge in [0.1, 0.15) is 17.0 Å². The van der Waals surface area contributed by atoms with Crippen LogP contribution in [0.25, 0.3) is 21.3 Å². The summed E-state index contributed by atoms with van der Waals surface area (Å²) in [7, 11) is 0. The molecule has 0 fully saturated rings. The molecule has 24 heavy (non-hydrogen) atoms. The van der Waals surface area contributed by atoms with E-state index < -0.39 is 0 Å². The molecule has 0 amide bonds. The van der Waals surface area contributed by atoms with Crippen molar-refractivity contribution in [1.82, 2.24) is 9.97 Å². The van der Waals surface area contributed by atoms with Crippen LogP contribution in [0.4, 0.5) is 17.2 Å². The van der Waals surface area contributed by atoms with Crippen LogP contribution in [-0.2, 0) is 0 Å². The topological polar surface area (TPSA) is 63.8 Å². The summed E-state index contributed by atoms with van der Waals surface area (Å²) in [6.07, 6.45) is 1.60. The number of aryl methyl sites for hydroxylation is 1. The van der Waals surface area contributed by atoms with Crippen molar-refractivity contribution in [2.24, 2.45) is 0 Å². The lowest BCUT2D eigenvalue weighted by Crippen LogP contribution is -1.96. The minimum atomic E-state index is 0.740. The van der Waals surface area contributed by atoms with Gasteiger partial charge in [-0.1, -0.05) is 30.3 Å². The maximum atomic E-state index is 5.76. The third-order valence-electron chi connectivity index (χ3n) is 3.90. The Morgan fingerprint density at radius 3 is 2.46 bits per heavy atom. The molecular formula is C19H16N4S. The van der Waals surface area contributed by atoms with Crippen molar-refractivity contribution in [3.63, 3.8) is 0 Å². The Bertz CT molecular complexity index is 991. The number of nitrogens with zero attached hydrogens (tertiary/aromatic N) is 2. The van der Waals surface area contributed by atoms with Gasteiger partial charge in [0, 0.05) is 21.8 Å². The van der Waals surface area contributed by atoms with Crippen LogP contribution in [0.15, 0.2) is 60.9 Å². The predicted octanol–water partition coefficient (Wildman–Crippen LogP) is 4.99. The van der Waals surface area contributed by atoms with E-state index in [0.717, 1.165) is 27.4 Å². The Morgan fingerprint density at radius 1 is 0.958 bits per heavy atom. The second-order valence-corrected chi connectivity index (χ2v) is 6.75. The lowest BCUT2D eigenvalue weighted by atomic mass is 10.0. The summed E-state index contributed by atoms with van der Waals surface area (Å²) in [5, 5.41) is 4.46. The first kappa shape index (κ1) is 14.7. The molecule has 0 aliphatic heterocycles. The second kappa shape index (κ2) is 5.94. The lowest BCUT2D eigenvalue weighted by molar-refractivity contribution is 1.23. The van der Waals surface area contributed by atoms with Crippen LogP contribution < -0.4 is 11.1 Å². The number of benzene rings is 2. The van der Waals surface area contributed by atoms with Gasteiger partial charge in [-0.25, -0.2) is 9.97 Å². The summed E-state index contributed by atoms with van der Waals surface area (Å²) in [6, 6.07) is 18.0. The molecule has 4 aromatic rings. The van der Waals surface area contributed by atoms with Gasteiger partial charge in [0.2, 0.25) is 0 Å². The number of fused-ring (bicyclic) bond motifs is 1. The molecule has 3 N–H and O–H groups in total. The van der Waals surface area contributed by atoms with Crippen LogP contribution in [0, 0.1) is 6.92 Å². The summed E-state index contributed by atoms with van der Waals surface area (Å²) in [5.74, 6) is 0.813. The monoisotopic (exact) mass is 332 g/mol. The molecule has 0 saturated carbocycles. The highest BCUT2D eigenvalue weighted by atomic mass is 32.1. The van der Waals surface area contributed by atoms with Crippen molar-refractivity contribution in [3.05, 3.63) is 65.8 Å². The van der Waals surface area contributed by atoms with E-state index in [1.165, 1.54) is 16.0 Å². The highest BCUT2D eigenvalue weighted by Crippen LogP contribution is 2.40. The zero-order valence-electron chi connectivity index (χ0n) is 13.2. The van der Waals surface area contributed by atoms with E-state index in [2.05, 4.69) is 46.5 Å². The van der Waals surface area contributed by atoms with Crippen LogP contribution >= 0.6 is 11.3 Å². The molecule has 2 aromatic carbocycles. The van der Waals surface area contributed by atoms with Crippen molar-refractivity contribution in [1.29, 1.82) is 0 Å². The van der Waals surface area contributed by atoms with Crippen molar-refractivity contribution in [3.8, 4) is 11.1 Å². The third kappa shape index (κ3) is 2.59. The van der Waals surface area contributed by atoms with Gasteiger partial charge in [0.25, 0.3) is 0 Å². The molecular weight excluding hydrogens is 316 g/mol. The van der Waals surface area contributed by atoms with Gasteiger partial charge in [-0.05, 0) is 36.8 Å². The first-order chi connectivity index (χ1) is 11.7. The van der Waals surface area contributed by atoms with Crippen LogP contribution in [-0.4, -0.2) is 9.97 Å². The number of hydrogen-bond donors (Lipinski definition) is 2. The van der Waals surface area contributed by atoms with E-state index in [0.29, 0.717) is 0 Å². The fourth-order valence-electron chi connectivity index (χ4n) is 2.79. The SMILES string of the molecule is Cc1sc2ncnc(Nc3ccc(N)cc3)c2c1-c1ccccc1. The predicted molar refractivity (Wildman–Crippen MR) is 102 cm³/mol. The van der Waals surface area contributed by atoms with Crippen LogP contribution in [0.2, 0.25) is 0 Å². The standard InChI is InChI=1S/C19H16N4S/c1-12-16(13-5-3-2-4-6-13)17-18(21-11-22-19(17)24-12)23-15-9-7-14(20)8-10-15/h2-11H,20H2,1H3,(H,21,22,23). The largest absolute Gasteiger partial charge is 0.399 e. The summed E-state index contributed by atoms with van der Waals surface area (Å²) in [4.78, 5) is 11.1. The van der Waals surface area contributed by atoms with Crippen molar-refractivity contribution < 1.29 is 0 Å². The number of nitrogens with two attached hydrogens (primary N) is 1. The molecule has 0 aliphatic rings. The average Bonchev–Trinajstić information content (AvgIpc) is 2.94. The number of thiophene rings is 1. The summed E-state index contributed by atoms with van der Waals surface area (Å²) < 4.78 is 0. The van der Waals surface area contributed by atoms with E-state index in [9.17, 15) is 0 Å². The maximum Gasteiger partial charge on any atom is 0.143 e. The number of rotatable bonds is 3. The number of anilines is 3. The Morgan fingerprint density at radius 2 is 1.71 bits per heavy atom. The molecule has 0 bridgehead atoms. The van der Waals surface area contributed by atoms with Crippen LogP contribution in [0.1, 0.15) is 4.88 Å². The summed E-state index contributed by atoms with van der Waals surface area (Å²) in [5.41, 5.74) is 9.82. The quantitative estimate of drug-likeness (QED) is 0.519. The molecule has 4 nitrogen and oxygen atoms in total. The molecule has 0 unspecified atom stereocenters. The van der Waals surface area contributed by atoms with Gasteiger partial charge in [-0.3, -0.25) is 0 Å². The molecule has 0 saturated heterocycles. The van der Waals surface area contributed by atoms with E-state index in [1.54, 1.807) is 17.7 Å². The van der Waals surface area contributed by atoms with E-state index >= 15 is 0 Å². The van der Waals surface area contributed by atoms with Gasteiger partial charge in [-0.2, -0.15) is 0 Å². The molecule has 0 spiro atoms. The molecule has 0 radical (unpaired) electrons. The second-order valence-electron chi connectivity index (χ2n) is 5.55. The summed E-state index contributed by atoms with van der Waals surface area (Å²) in [6.45, 7) is 2.13. The molecule has 0 aliphatic carbocycles. The van der Waals surface area contributed by atoms with Crippen LogP contribution in [0.3, 0.4) is 0 Å². The highest BCUT2D eigenvalue weighted by Gasteiger charge is 2.16. The first-order valence-electron chi connectivity index (χ1n) is 7.64. The third-order valence-corrected chi connectivity index (χ3v) is 4.91. The van der Waals surface area contributed by atoms with Crippen molar-refractivity contribution in [2.75, 3.05) is 11.1 Å². The van der Waals surface area contributed by atoms with E-state index in [-0.39, 0.29) is 0 Å². The number of nitrogen functional groups attached to an aromatic ring is 1. The number of hydrogen-bond acceptors (Lipinski definition) is 5. The number of aromatic nitrogens is 2. The van der Waals surface area contributed by atoms with Crippen LogP contribution in [0.5, 0.6) is 0 Å². The Labute approximate surface area is 144 Å². The normalized spacial score (nSPS) is 10.9. The summed E-state index contributed by atoms with van der Waals surface area (Å²) >= 11 is 1.69. The lowest BCUT2D eigenvalue weighted by Gasteiger charge is -2.09. The zero-order valence-corrected chi connectivity index (χ0v) is 14.0. The van der Waals surface area contributed by atoms with Crippen molar-refractivity contribution in [2.45, 2.75) is 6.92 Å². The molecule has 4 rings (SSSR count). The molecule has 0 atom stereocenters. The van der Waals surface area contributed by atoms with Gasteiger partial charge in [0.15, 0.2) is 0 Å². The molecule has 5 heteroatoms. The maximum absolute atomic E-state index is 5.76. The van der Waals surface area contributed by atoms with E-state index in [1.807, 2.05) is 30.3 Å². The van der Waals surface area contributed by atoms with Crippen molar-refractivity contribution >= 4 is 38.7 Å². The van der Waals surface area contributed by atoms with Gasteiger partial charge in [-0.15, -0.1) is 11.3 Å². The Hall–Kier alpha value is -2.92. The molecule has 118 valence electrons. The molecule has 2 heterocycles. The number of nitrogens with one attached hydrogen (secondary N) is 1. The Kier molecular flexibility index (Phi) is 3.63. The minimum absolute atomic E-state index is 0.740. The van der Waals surface area contributed by atoms with Gasteiger partial charge >= 0.3 is 0 Å². The van der Waals surface area contributed by atoms with Gasteiger partial charge < -0.3 is 11.1 Å². The minimum Gasteiger partial charge on any atom is -0.399 e. The molecule has 2 aromatic heterocycles. The fourth-order valence-corrected chi connectivity index (χ4v) is 3.81. The average molecular weight is 332 g/mol. The fraction of sp³-hybridized carbons (Fsp3) is 0.0526. The first-order valence-corrected chi connectivity index (χ1v) is 8.46. The zero-order chi connectivity index (χ0) is 16.5. The van der Waals surface area contributed by atoms with Gasteiger partial charge in [0.05, 0.1) is 5.39 Å².